The number of benzene rings is 1. The molecule has 1 atom stereocenters. The maximum Gasteiger partial charge on any atom is 0.416 e. The fraction of sp³-hybridized carbons (Fsp3) is 0.556. The number of esters is 1. The number of phenols is 1. The Kier molecular flexibility index (Phi) is 11.1. The number of rotatable bonds is 11. The standard InChI is InChI=1S/C27H36F3N5O6/c1-5-41-22(37)8-10-35-9-6-7-19(14-35)32-25-20(13-31-26(38)40-4)16(2)24(33-34-25)23-17(15-39-3)11-18(12-21(23)36)27(28,29)30/h11-12,19,36H,5-10,13-15H2,1-4H3,(H,31,38)(H,32,34)/t19-/m1/s1. The number of piperidine rings is 1. The predicted octanol–water partition coefficient (Wildman–Crippen LogP) is 4.01. The van der Waals surface area contributed by atoms with Crippen molar-refractivity contribution in [3.8, 4) is 17.0 Å². The van der Waals surface area contributed by atoms with Gasteiger partial charge in [0.25, 0.3) is 0 Å². The number of hydrogen-bond acceptors (Lipinski definition) is 10. The van der Waals surface area contributed by atoms with Crippen LogP contribution < -0.4 is 10.6 Å². The molecule has 226 valence electrons. The fourth-order valence-electron chi connectivity index (χ4n) is 4.80. The van der Waals surface area contributed by atoms with Gasteiger partial charge in [-0.05, 0) is 56.5 Å². The number of nitrogens with zero attached hydrogens (tertiary/aromatic N) is 3. The highest BCUT2D eigenvalue weighted by molar-refractivity contribution is 5.76. The molecule has 2 heterocycles. The summed E-state index contributed by atoms with van der Waals surface area (Å²) in [5, 5.41) is 25.3. The van der Waals surface area contributed by atoms with Gasteiger partial charge in [0.05, 0.1) is 38.9 Å². The number of amides is 1. The highest BCUT2D eigenvalue weighted by Crippen LogP contribution is 2.41. The summed E-state index contributed by atoms with van der Waals surface area (Å²) in [6.45, 7) is 5.54. The Morgan fingerprint density at radius 1 is 1.22 bits per heavy atom. The van der Waals surface area contributed by atoms with Gasteiger partial charge in [0.15, 0.2) is 5.82 Å². The summed E-state index contributed by atoms with van der Waals surface area (Å²) in [7, 11) is 2.56. The number of aromatic nitrogens is 2. The molecular weight excluding hydrogens is 547 g/mol. The Morgan fingerprint density at radius 3 is 2.63 bits per heavy atom. The largest absolute Gasteiger partial charge is 0.507 e. The zero-order chi connectivity index (χ0) is 30.2. The van der Waals surface area contributed by atoms with E-state index in [1.165, 1.54) is 14.2 Å². The Balaban J connectivity index is 1.96. The molecule has 1 saturated heterocycles. The Morgan fingerprint density at radius 2 is 1.98 bits per heavy atom. The molecule has 0 aliphatic carbocycles. The first kappa shape index (κ1) is 31.9. The van der Waals surface area contributed by atoms with Crippen molar-refractivity contribution in [1.29, 1.82) is 0 Å². The normalized spacial score (nSPS) is 15.8. The molecule has 0 bridgehead atoms. The van der Waals surface area contributed by atoms with Gasteiger partial charge in [0, 0.05) is 37.4 Å². The molecule has 41 heavy (non-hydrogen) atoms. The van der Waals surface area contributed by atoms with Crippen LogP contribution in [0.4, 0.5) is 23.8 Å². The number of likely N-dealkylation sites (tertiary alicyclic amines) is 1. The number of ether oxygens (including phenoxy) is 3. The number of halogens is 3. The molecule has 0 spiro atoms. The molecule has 14 heteroatoms. The zero-order valence-electron chi connectivity index (χ0n) is 23.6. The molecule has 1 aliphatic heterocycles. The van der Waals surface area contributed by atoms with Gasteiger partial charge < -0.3 is 34.9 Å². The van der Waals surface area contributed by atoms with Crippen LogP contribution >= 0.6 is 0 Å². The molecule has 1 aromatic carbocycles. The fourth-order valence-corrected chi connectivity index (χ4v) is 4.80. The van der Waals surface area contributed by atoms with Crippen molar-refractivity contribution < 1.29 is 42.1 Å². The zero-order valence-corrected chi connectivity index (χ0v) is 23.6. The number of anilines is 1. The molecule has 1 amide bonds. The van der Waals surface area contributed by atoms with Gasteiger partial charge in [-0.25, -0.2) is 4.79 Å². The third kappa shape index (κ3) is 8.43. The molecule has 2 aromatic rings. The topological polar surface area (TPSA) is 135 Å². The molecule has 3 N–H and O–H groups in total. The number of phenolic OH excluding ortho intramolecular Hbond substituents is 1. The van der Waals surface area contributed by atoms with E-state index in [-0.39, 0.29) is 48.4 Å². The second-order valence-corrected chi connectivity index (χ2v) is 9.65. The lowest BCUT2D eigenvalue weighted by molar-refractivity contribution is -0.143. The van der Waals surface area contributed by atoms with E-state index in [1.807, 2.05) is 0 Å². The smallest absolute Gasteiger partial charge is 0.416 e. The SMILES string of the molecule is CCOC(=O)CCN1CCC[C@@H](Nc2nnc(-c3c(O)cc(C(F)(F)F)cc3COC)c(C)c2CNC(=O)OC)C1. The summed E-state index contributed by atoms with van der Waals surface area (Å²) in [5.41, 5.74) is 0.267. The van der Waals surface area contributed by atoms with Crippen molar-refractivity contribution >= 4 is 17.9 Å². The number of methoxy groups -OCH3 is 2. The van der Waals surface area contributed by atoms with Gasteiger partial charge in [0.2, 0.25) is 0 Å². The van der Waals surface area contributed by atoms with Crippen molar-refractivity contribution in [2.45, 2.75) is 58.5 Å². The first-order chi connectivity index (χ1) is 19.5. The minimum Gasteiger partial charge on any atom is -0.507 e. The lowest BCUT2D eigenvalue weighted by Gasteiger charge is -2.33. The number of carbonyl (C=O) groups is 2. The van der Waals surface area contributed by atoms with Gasteiger partial charge in [0.1, 0.15) is 11.4 Å². The summed E-state index contributed by atoms with van der Waals surface area (Å²) in [6.07, 6.45) is -3.38. The number of hydrogen-bond donors (Lipinski definition) is 3. The number of alkyl carbamates (subject to hydrolysis) is 1. The summed E-state index contributed by atoms with van der Waals surface area (Å²) in [6, 6.07) is 1.50. The first-order valence-electron chi connectivity index (χ1n) is 13.2. The number of alkyl halides is 3. The number of aromatic hydroxyl groups is 1. The van der Waals surface area contributed by atoms with Crippen LogP contribution in [0, 0.1) is 6.92 Å². The van der Waals surface area contributed by atoms with Crippen molar-refractivity contribution in [2.24, 2.45) is 0 Å². The minimum atomic E-state index is -4.67. The third-order valence-corrected chi connectivity index (χ3v) is 6.79. The van der Waals surface area contributed by atoms with E-state index in [1.54, 1.807) is 13.8 Å². The van der Waals surface area contributed by atoms with Crippen LogP contribution in [0.1, 0.15) is 48.4 Å². The highest BCUT2D eigenvalue weighted by Gasteiger charge is 2.33. The quantitative estimate of drug-likeness (QED) is 0.333. The molecule has 1 fully saturated rings. The molecule has 0 radical (unpaired) electrons. The van der Waals surface area contributed by atoms with Gasteiger partial charge in [-0.15, -0.1) is 10.2 Å². The van der Waals surface area contributed by atoms with Crippen molar-refractivity contribution in [2.75, 3.05) is 45.8 Å². The third-order valence-electron chi connectivity index (χ3n) is 6.79. The molecule has 3 rings (SSSR count). The van der Waals surface area contributed by atoms with Crippen molar-refractivity contribution in [3.63, 3.8) is 0 Å². The first-order valence-corrected chi connectivity index (χ1v) is 13.2. The maximum atomic E-state index is 13.4. The minimum absolute atomic E-state index is 0.0241. The summed E-state index contributed by atoms with van der Waals surface area (Å²) < 4.78 is 55.1. The lowest BCUT2D eigenvalue weighted by atomic mass is 9.95. The van der Waals surface area contributed by atoms with E-state index in [4.69, 9.17) is 14.2 Å². The van der Waals surface area contributed by atoms with Crippen LogP contribution in [0.15, 0.2) is 12.1 Å². The Hall–Kier alpha value is -3.65. The lowest BCUT2D eigenvalue weighted by Crippen LogP contribution is -2.43. The van der Waals surface area contributed by atoms with E-state index in [9.17, 15) is 27.9 Å². The van der Waals surface area contributed by atoms with Gasteiger partial charge >= 0.3 is 18.2 Å². The van der Waals surface area contributed by atoms with E-state index >= 15 is 0 Å². The van der Waals surface area contributed by atoms with E-state index in [2.05, 4.69) is 25.7 Å². The molecule has 1 aliphatic rings. The van der Waals surface area contributed by atoms with Crippen LogP contribution in [0.3, 0.4) is 0 Å². The number of carbonyl (C=O) groups excluding carboxylic acids is 2. The summed E-state index contributed by atoms with van der Waals surface area (Å²) in [4.78, 5) is 25.8. The monoisotopic (exact) mass is 583 g/mol. The number of nitrogens with one attached hydrogen (secondary N) is 2. The second kappa shape index (κ2) is 14.3. The van der Waals surface area contributed by atoms with E-state index < -0.39 is 23.6 Å². The second-order valence-electron chi connectivity index (χ2n) is 9.65. The highest BCUT2D eigenvalue weighted by atomic mass is 19.4. The molecular formula is C27H36F3N5O6. The maximum absolute atomic E-state index is 13.4. The summed E-state index contributed by atoms with van der Waals surface area (Å²) in [5.74, 6) is -0.504. The van der Waals surface area contributed by atoms with Crippen LogP contribution in [-0.4, -0.2) is 78.8 Å². The molecule has 1 aromatic heterocycles. The van der Waals surface area contributed by atoms with Gasteiger partial charge in [-0.1, -0.05) is 0 Å². The Labute approximate surface area is 236 Å². The summed E-state index contributed by atoms with van der Waals surface area (Å²) >= 11 is 0. The average Bonchev–Trinajstić information content (AvgIpc) is 2.92. The van der Waals surface area contributed by atoms with E-state index in [0.29, 0.717) is 42.7 Å². The van der Waals surface area contributed by atoms with Crippen molar-refractivity contribution in [1.82, 2.24) is 20.4 Å². The average molecular weight is 584 g/mol. The molecule has 0 unspecified atom stereocenters. The Bertz CT molecular complexity index is 1230. The van der Waals surface area contributed by atoms with Crippen LogP contribution in [-0.2, 0) is 38.3 Å². The van der Waals surface area contributed by atoms with Crippen LogP contribution in [0.25, 0.3) is 11.3 Å². The van der Waals surface area contributed by atoms with Gasteiger partial charge in [-0.3, -0.25) is 4.79 Å². The van der Waals surface area contributed by atoms with Gasteiger partial charge in [-0.2, -0.15) is 13.2 Å². The predicted molar refractivity (Wildman–Crippen MR) is 143 cm³/mol. The van der Waals surface area contributed by atoms with Crippen LogP contribution in [0.2, 0.25) is 0 Å². The van der Waals surface area contributed by atoms with Crippen molar-refractivity contribution in [3.05, 3.63) is 34.4 Å². The molecule has 0 saturated carbocycles. The van der Waals surface area contributed by atoms with E-state index in [0.717, 1.165) is 25.5 Å². The van der Waals surface area contributed by atoms with Crippen LogP contribution in [0.5, 0.6) is 5.75 Å². The molecule has 11 nitrogen and oxygen atoms in total.